The molecule has 158 valence electrons. The molecule has 2 aromatic heterocycles. The fourth-order valence-electron chi connectivity index (χ4n) is 4.01. The van der Waals surface area contributed by atoms with Crippen LogP contribution in [0.2, 0.25) is 0 Å². The van der Waals surface area contributed by atoms with Gasteiger partial charge in [-0.3, -0.25) is 0 Å². The number of nitrogens with zero attached hydrogens (tertiary/aromatic N) is 3. The van der Waals surface area contributed by atoms with Crippen molar-refractivity contribution in [2.24, 2.45) is 5.92 Å². The quantitative estimate of drug-likeness (QED) is 0.375. The lowest BCUT2D eigenvalue weighted by atomic mass is 10.1. The highest BCUT2D eigenvalue weighted by molar-refractivity contribution is 5.83. The summed E-state index contributed by atoms with van der Waals surface area (Å²) in [6, 6.07) is 21.0. The van der Waals surface area contributed by atoms with Crippen LogP contribution in [0.3, 0.4) is 0 Å². The van der Waals surface area contributed by atoms with E-state index in [0.29, 0.717) is 12.5 Å². The lowest BCUT2D eigenvalue weighted by Gasteiger charge is -2.18. The Morgan fingerprint density at radius 2 is 1.84 bits per heavy atom. The average molecular weight is 414 g/mol. The van der Waals surface area contributed by atoms with Gasteiger partial charge in [0, 0.05) is 24.4 Å². The van der Waals surface area contributed by atoms with E-state index < -0.39 is 0 Å². The number of imidazole rings is 1. The largest absolute Gasteiger partial charge is 0.481 e. The van der Waals surface area contributed by atoms with Crippen LogP contribution < -0.4 is 4.74 Å². The third kappa shape index (κ3) is 4.19. The fourth-order valence-corrected chi connectivity index (χ4v) is 4.01. The normalized spacial score (nSPS) is 14.6. The Morgan fingerprint density at radius 3 is 2.55 bits per heavy atom. The Morgan fingerprint density at radius 1 is 1.03 bits per heavy atom. The van der Waals surface area contributed by atoms with Gasteiger partial charge in [0.1, 0.15) is 12.4 Å². The number of fused-ring (bicyclic) bond motifs is 1. The van der Waals surface area contributed by atoms with Crippen LogP contribution in [0.5, 0.6) is 5.88 Å². The van der Waals surface area contributed by atoms with Crippen molar-refractivity contribution >= 4 is 11.0 Å². The van der Waals surface area contributed by atoms with Crippen molar-refractivity contribution in [3.05, 3.63) is 78.2 Å². The summed E-state index contributed by atoms with van der Waals surface area (Å²) in [6.45, 7) is 3.58. The molecule has 0 N–H and O–H groups in total. The smallest absolute Gasteiger partial charge is 0.212 e. The first-order chi connectivity index (χ1) is 15.2. The zero-order chi connectivity index (χ0) is 21.2. The molecule has 1 atom stereocenters. The summed E-state index contributed by atoms with van der Waals surface area (Å²) in [5.41, 5.74) is 5.50. The second-order valence-corrected chi connectivity index (χ2v) is 8.24. The molecule has 0 radical (unpaired) electrons. The molecule has 1 aliphatic rings. The maximum atomic E-state index is 6.03. The van der Waals surface area contributed by atoms with Crippen molar-refractivity contribution in [2.45, 2.75) is 32.4 Å². The predicted octanol–water partition coefficient (Wildman–Crippen LogP) is 5.64. The van der Waals surface area contributed by atoms with Gasteiger partial charge in [-0.1, -0.05) is 36.4 Å². The van der Waals surface area contributed by atoms with Gasteiger partial charge in [0.05, 0.1) is 24.2 Å². The molecule has 5 rings (SSSR count). The number of rotatable bonds is 8. The molecule has 0 aliphatic heterocycles. The van der Waals surface area contributed by atoms with E-state index >= 15 is 0 Å². The second-order valence-electron chi connectivity index (χ2n) is 8.24. The first-order valence-electron chi connectivity index (χ1n) is 10.9. The fraction of sp³-hybridized carbons (Fsp3) is 0.308. The van der Waals surface area contributed by atoms with Gasteiger partial charge in [0.2, 0.25) is 5.88 Å². The van der Waals surface area contributed by atoms with Gasteiger partial charge in [0.25, 0.3) is 0 Å². The number of ether oxygens (including phenoxy) is 2. The molecule has 1 aliphatic carbocycles. The van der Waals surface area contributed by atoms with Crippen molar-refractivity contribution in [3.63, 3.8) is 0 Å². The lowest BCUT2D eigenvalue weighted by Crippen LogP contribution is -2.12. The monoisotopic (exact) mass is 413 g/mol. The van der Waals surface area contributed by atoms with Crippen LogP contribution in [-0.2, 0) is 11.3 Å². The van der Waals surface area contributed by atoms with Crippen LogP contribution in [0, 0.1) is 5.92 Å². The Labute approximate surface area is 182 Å². The van der Waals surface area contributed by atoms with E-state index in [2.05, 4.69) is 65.0 Å². The van der Waals surface area contributed by atoms with Crippen molar-refractivity contribution < 1.29 is 9.47 Å². The molecule has 0 bridgehead atoms. The summed E-state index contributed by atoms with van der Waals surface area (Å²) in [5, 5.41) is 0. The first-order valence-corrected chi connectivity index (χ1v) is 10.9. The van der Waals surface area contributed by atoms with Gasteiger partial charge in [-0.15, -0.1) is 0 Å². The molecule has 31 heavy (non-hydrogen) atoms. The Balaban J connectivity index is 1.56. The molecule has 5 heteroatoms. The molecule has 0 unspecified atom stereocenters. The number of benzene rings is 2. The van der Waals surface area contributed by atoms with Crippen LogP contribution >= 0.6 is 0 Å². The molecule has 2 heterocycles. The Bertz CT molecular complexity index is 1160. The summed E-state index contributed by atoms with van der Waals surface area (Å²) in [4.78, 5) is 9.30. The minimum absolute atomic E-state index is 0.148. The molecule has 1 saturated carbocycles. The molecular weight excluding hydrogens is 386 g/mol. The summed E-state index contributed by atoms with van der Waals surface area (Å²) < 4.78 is 13.5. The van der Waals surface area contributed by atoms with Crippen LogP contribution in [0.25, 0.3) is 22.2 Å². The van der Waals surface area contributed by atoms with Crippen molar-refractivity contribution in [1.82, 2.24) is 14.5 Å². The number of hydrogen-bond donors (Lipinski definition) is 0. The van der Waals surface area contributed by atoms with Gasteiger partial charge in [-0.25, -0.2) is 9.97 Å². The third-order valence-electron chi connectivity index (χ3n) is 5.99. The highest BCUT2D eigenvalue weighted by Gasteiger charge is 2.23. The van der Waals surface area contributed by atoms with Gasteiger partial charge < -0.3 is 14.0 Å². The van der Waals surface area contributed by atoms with E-state index in [9.17, 15) is 0 Å². The molecule has 4 aromatic rings. The standard InChI is InChI=1S/C26H27N3O2/c1-18(20-6-4-3-5-7-20)29-24-14-21(22-11-13-26(30-2)27-15-22)10-12-23(24)28-25(29)17-31-16-19-8-9-19/h3-7,10-15,18-19H,8-9,16-17H2,1-2H3/t18-/m1/s1. The molecule has 1 fully saturated rings. The predicted molar refractivity (Wildman–Crippen MR) is 122 cm³/mol. The average Bonchev–Trinajstić information content (AvgIpc) is 3.58. The zero-order valence-electron chi connectivity index (χ0n) is 18.0. The van der Waals surface area contributed by atoms with E-state index in [1.165, 1.54) is 18.4 Å². The summed E-state index contributed by atoms with van der Waals surface area (Å²) >= 11 is 0. The van der Waals surface area contributed by atoms with Crippen molar-refractivity contribution in [1.29, 1.82) is 0 Å². The molecule has 2 aromatic carbocycles. The molecule has 5 nitrogen and oxygen atoms in total. The van der Waals surface area contributed by atoms with Gasteiger partial charge >= 0.3 is 0 Å². The topological polar surface area (TPSA) is 49.2 Å². The molecule has 0 saturated heterocycles. The Kier molecular flexibility index (Phi) is 5.43. The molecular formula is C26H27N3O2. The van der Waals surface area contributed by atoms with E-state index in [1.807, 2.05) is 18.3 Å². The summed E-state index contributed by atoms with van der Waals surface area (Å²) in [7, 11) is 1.63. The van der Waals surface area contributed by atoms with Gasteiger partial charge in [-0.2, -0.15) is 0 Å². The lowest BCUT2D eigenvalue weighted by molar-refractivity contribution is 0.103. The second kappa shape index (κ2) is 8.52. The highest BCUT2D eigenvalue weighted by atomic mass is 16.5. The number of pyridine rings is 1. The van der Waals surface area contributed by atoms with Crippen LogP contribution in [0.15, 0.2) is 66.9 Å². The van der Waals surface area contributed by atoms with E-state index in [4.69, 9.17) is 14.5 Å². The zero-order valence-corrected chi connectivity index (χ0v) is 18.0. The van der Waals surface area contributed by atoms with Crippen molar-refractivity contribution in [2.75, 3.05) is 13.7 Å². The maximum Gasteiger partial charge on any atom is 0.212 e. The van der Waals surface area contributed by atoms with Crippen molar-refractivity contribution in [3.8, 4) is 17.0 Å². The highest BCUT2D eigenvalue weighted by Crippen LogP contribution is 2.32. The van der Waals surface area contributed by atoms with Crippen LogP contribution in [0.4, 0.5) is 0 Å². The SMILES string of the molecule is COc1ccc(-c2ccc3nc(COCC4CC4)n([C@H](C)c4ccccc4)c3c2)cn1. The number of methoxy groups -OCH3 is 1. The van der Waals surface area contributed by atoms with E-state index in [1.54, 1.807) is 7.11 Å². The molecule has 0 amide bonds. The summed E-state index contributed by atoms with van der Waals surface area (Å²) in [5.74, 6) is 2.32. The minimum Gasteiger partial charge on any atom is -0.481 e. The number of hydrogen-bond acceptors (Lipinski definition) is 4. The van der Waals surface area contributed by atoms with E-state index in [0.717, 1.165) is 40.5 Å². The minimum atomic E-state index is 0.148. The number of aromatic nitrogens is 3. The van der Waals surface area contributed by atoms with Gasteiger partial charge in [-0.05, 0) is 55.0 Å². The molecule has 0 spiro atoms. The third-order valence-corrected chi connectivity index (χ3v) is 5.99. The van der Waals surface area contributed by atoms with E-state index in [-0.39, 0.29) is 6.04 Å². The Hall–Kier alpha value is -3.18. The van der Waals surface area contributed by atoms with Crippen LogP contribution in [-0.4, -0.2) is 28.3 Å². The summed E-state index contributed by atoms with van der Waals surface area (Å²) in [6.07, 6.45) is 4.42. The van der Waals surface area contributed by atoms with Crippen LogP contribution in [0.1, 0.15) is 37.2 Å². The first kappa shape index (κ1) is 19.8. The maximum absolute atomic E-state index is 6.03. The van der Waals surface area contributed by atoms with Gasteiger partial charge in [0.15, 0.2) is 0 Å².